The summed E-state index contributed by atoms with van der Waals surface area (Å²) in [6, 6.07) is -0.957. The minimum atomic E-state index is -0.956. The van der Waals surface area contributed by atoms with Gasteiger partial charge in [0.05, 0.1) is 0 Å². The summed E-state index contributed by atoms with van der Waals surface area (Å²) in [5.74, 6) is -0.410. The third-order valence-corrected chi connectivity index (χ3v) is 4.42. The number of carbonyl (C=O) groups excluding carboxylic acids is 1. The predicted octanol–water partition coefficient (Wildman–Crippen LogP) is 1.02. The number of amides is 2. The molecule has 0 aromatic heterocycles. The van der Waals surface area contributed by atoms with Crippen molar-refractivity contribution in [3.8, 4) is 0 Å². The average Bonchev–Trinajstić information content (AvgIpc) is 2.44. The molecule has 3 rings (SSSR count). The smallest absolute Gasteiger partial charge is 0.326 e. The zero-order valence-corrected chi connectivity index (χ0v) is 12.1. The number of nitrogens with one attached hydrogen (secondary N) is 2. The van der Waals surface area contributed by atoms with E-state index in [2.05, 4.69) is 15.5 Å². The topological polar surface area (TPSA) is 81.7 Å². The number of carboxylic acid groups (broad SMARTS) is 1. The molecule has 2 unspecified atom stereocenters. The van der Waals surface area contributed by atoms with E-state index >= 15 is 0 Å². The van der Waals surface area contributed by atoms with E-state index < -0.39 is 12.0 Å². The lowest BCUT2D eigenvalue weighted by atomic mass is 9.84. The molecule has 20 heavy (non-hydrogen) atoms. The van der Waals surface area contributed by atoms with Crippen LogP contribution < -0.4 is 10.6 Å². The molecular weight excluding hydrogens is 258 g/mol. The maximum Gasteiger partial charge on any atom is 0.326 e. The normalized spacial score (nSPS) is 29.8. The van der Waals surface area contributed by atoms with E-state index in [0.29, 0.717) is 12.3 Å². The van der Waals surface area contributed by atoms with Gasteiger partial charge in [0.25, 0.3) is 0 Å². The number of fused-ring (bicyclic) bond motifs is 3. The maximum absolute atomic E-state index is 12.0. The number of hydrogen-bond acceptors (Lipinski definition) is 3. The maximum atomic E-state index is 12.0. The van der Waals surface area contributed by atoms with Gasteiger partial charge in [0.2, 0.25) is 0 Å². The van der Waals surface area contributed by atoms with Crippen molar-refractivity contribution >= 4 is 12.0 Å². The van der Waals surface area contributed by atoms with Crippen LogP contribution in [-0.2, 0) is 4.79 Å². The van der Waals surface area contributed by atoms with E-state index in [1.165, 1.54) is 0 Å². The minimum Gasteiger partial charge on any atom is -0.480 e. The number of hydrogen-bond donors (Lipinski definition) is 3. The van der Waals surface area contributed by atoms with Crippen LogP contribution in [0.5, 0.6) is 0 Å². The van der Waals surface area contributed by atoms with Gasteiger partial charge in [-0.25, -0.2) is 9.59 Å². The fraction of sp³-hybridized carbons (Fsp3) is 0.857. The first kappa shape index (κ1) is 15.1. The highest BCUT2D eigenvalue weighted by Crippen LogP contribution is 2.27. The number of rotatable bonds is 6. The van der Waals surface area contributed by atoms with Crippen molar-refractivity contribution in [3.05, 3.63) is 0 Å². The fourth-order valence-corrected chi connectivity index (χ4v) is 3.16. The van der Waals surface area contributed by atoms with Crippen LogP contribution in [0.25, 0.3) is 0 Å². The number of aliphatic carboxylic acids is 1. The largest absolute Gasteiger partial charge is 0.480 e. The third-order valence-electron chi connectivity index (χ3n) is 4.42. The molecule has 0 aromatic carbocycles. The first-order valence-corrected chi connectivity index (χ1v) is 7.62. The van der Waals surface area contributed by atoms with Gasteiger partial charge in [-0.2, -0.15) is 0 Å². The summed E-state index contributed by atoms with van der Waals surface area (Å²) in [5.41, 5.74) is 0. The van der Waals surface area contributed by atoms with Crippen molar-refractivity contribution in [2.24, 2.45) is 5.92 Å². The van der Waals surface area contributed by atoms with Crippen molar-refractivity contribution in [2.45, 2.75) is 51.1 Å². The van der Waals surface area contributed by atoms with Crippen molar-refractivity contribution in [1.29, 1.82) is 0 Å². The molecule has 2 bridgehead atoms. The molecular formula is C14H25N3O3. The second kappa shape index (κ2) is 6.92. The van der Waals surface area contributed by atoms with E-state index in [4.69, 9.17) is 5.11 Å². The average molecular weight is 283 g/mol. The molecule has 3 saturated heterocycles. The minimum absolute atomic E-state index is 0.165. The highest BCUT2D eigenvalue weighted by Gasteiger charge is 2.35. The highest BCUT2D eigenvalue weighted by atomic mass is 16.4. The van der Waals surface area contributed by atoms with Crippen molar-refractivity contribution in [1.82, 2.24) is 15.5 Å². The molecule has 3 fully saturated rings. The standard InChI is InChI=1S/C14H25N3O3/c1-2-3-4-11(13(18)19)15-14(20)16-12-9-17-7-5-10(12)6-8-17/h10-12H,2-9H2,1H3,(H,18,19)(H2,15,16,20). The van der Waals surface area contributed by atoms with Crippen LogP contribution in [0.1, 0.15) is 39.0 Å². The molecule has 3 heterocycles. The molecule has 3 N–H and O–H groups in total. The summed E-state index contributed by atoms with van der Waals surface area (Å²) in [5, 5.41) is 14.7. The van der Waals surface area contributed by atoms with Crippen LogP contribution in [0.4, 0.5) is 4.79 Å². The Bertz CT molecular complexity index is 354. The molecule has 0 spiro atoms. The van der Waals surface area contributed by atoms with Gasteiger partial charge in [0.1, 0.15) is 6.04 Å². The Kier molecular flexibility index (Phi) is 5.23. The van der Waals surface area contributed by atoms with Gasteiger partial charge < -0.3 is 20.6 Å². The van der Waals surface area contributed by atoms with Gasteiger partial charge >= 0.3 is 12.0 Å². The first-order valence-electron chi connectivity index (χ1n) is 7.62. The molecule has 0 saturated carbocycles. The van der Waals surface area contributed by atoms with Gasteiger partial charge in [-0.05, 0) is 38.3 Å². The van der Waals surface area contributed by atoms with Crippen molar-refractivity contribution < 1.29 is 14.7 Å². The van der Waals surface area contributed by atoms with Gasteiger partial charge in [-0.1, -0.05) is 19.8 Å². The highest BCUT2D eigenvalue weighted by molar-refractivity contribution is 5.82. The third kappa shape index (κ3) is 3.85. The van der Waals surface area contributed by atoms with E-state index in [1.807, 2.05) is 6.92 Å². The molecule has 0 radical (unpaired) electrons. The van der Waals surface area contributed by atoms with Crippen molar-refractivity contribution in [3.63, 3.8) is 0 Å². The quantitative estimate of drug-likeness (QED) is 0.680. The Morgan fingerprint density at radius 1 is 1.35 bits per heavy atom. The molecule has 2 atom stereocenters. The van der Waals surface area contributed by atoms with Crippen LogP contribution in [0.15, 0.2) is 0 Å². The molecule has 3 aliphatic rings. The van der Waals surface area contributed by atoms with E-state index in [9.17, 15) is 9.59 Å². The van der Waals surface area contributed by atoms with Gasteiger partial charge in [-0.3, -0.25) is 0 Å². The number of nitrogens with zero attached hydrogens (tertiary/aromatic N) is 1. The molecule has 0 aromatic rings. The zero-order valence-electron chi connectivity index (χ0n) is 12.1. The van der Waals surface area contributed by atoms with Gasteiger partial charge in [-0.15, -0.1) is 0 Å². The van der Waals surface area contributed by atoms with E-state index in [1.54, 1.807) is 0 Å². The number of unbranched alkanes of at least 4 members (excludes halogenated alkanes) is 1. The van der Waals surface area contributed by atoms with Crippen LogP contribution in [0, 0.1) is 5.92 Å². The molecule has 0 aliphatic carbocycles. The van der Waals surface area contributed by atoms with Crippen molar-refractivity contribution in [2.75, 3.05) is 19.6 Å². The lowest BCUT2D eigenvalue weighted by Gasteiger charge is -2.44. The molecule has 114 valence electrons. The summed E-state index contributed by atoms with van der Waals surface area (Å²) in [7, 11) is 0. The van der Waals surface area contributed by atoms with Crippen LogP contribution >= 0.6 is 0 Å². The Morgan fingerprint density at radius 2 is 2.05 bits per heavy atom. The summed E-state index contributed by atoms with van der Waals surface area (Å²) < 4.78 is 0. The monoisotopic (exact) mass is 283 g/mol. The van der Waals surface area contributed by atoms with Gasteiger partial charge in [0, 0.05) is 12.6 Å². The molecule has 2 amide bonds. The lowest BCUT2D eigenvalue weighted by Crippen LogP contribution is -2.59. The SMILES string of the molecule is CCCCC(NC(=O)NC1CN2CCC1CC2)C(=O)O. The summed E-state index contributed by atoms with van der Waals surface area (Å²) in [4.78, 5) is 25.4. The van der Waals surface area contributed by atoms with Gasteiger partial charge in [0.15, 0.2) is 0 Å². The van der Waals surface area contributed by atoms with E-state index in [-0.39, 0.29) is 12.1 Å². The first-order chi connectivity index (χ1) is 9.60. The number of carboxylic acids is 1. The van der Waals surface area contributed by atoms with E-state index in [0.717, 1.165) is 45.3 Å². The number of urea groups is 1. The number of piperidine rings is 3. The summed E-state index contributed by atoms with van der Waals surface area (Å²) in [6.45, 7) is 5.15. The summed E-state index contributed by atoms with van der Waals surface area (Å²) in [6.07, 6.45) is 4.47. The Balaban J connectivity index is 1.80. The Labute approximate surface area is 119 Å². The fourth-order valence-electron chi connectivity index (χ4n) is 3.16. The Morgan fingerprint density at radius 3 is 2.55 bits per heavy atom. The molecule has 6 heteroatoms. The summed E-state index contributed by atoms with van der Waals surface area (Å²) >= 11 is 0. The predicted molar refractivity (Wildman–Crippen MR) is 75.6 cm³/mol. The van der Waals surface area contributed by atoms with Crippen LogP contribution in [-0.4, -0.2) is 53.7 Å². The second-order valence-electron chi connectivity index (χ2n) is 5.90. The van der Waals surface area contributed by atoms with Crippen LogP contribution in [0.2, 0.25) is 0 Å². The van der Waals surface area contributed by atoms with Crippen LogP contribution in [0.3, 0.4) is 0 Å². The Hall–Kier alpha value is -1.30. The molecule has 3 aliphatic heterocycles. The second-order valence-corrected chi connectivity index (χ2v) is 5.90. The molecule has 6 nitrogen and oxygen atoms in total. The number of carbonyl (C=O) groups is 2. The lowest BCUT2D eigenvalue weighted by molar-refractivity contribution is -0.139. The zero-order chi connectivity index (χ0) is 14.5.